The summed E-state index contributed by atoms with van der Waals surface area (Å²) < 4.78 is 5.38. The summed E-state index contributed by atoms with van der Waals surface area (Å²) >= 11 is 1.81. The third-order valence-electron chi connectivity index (χ3n) is 4.19. The third-order valence-corrected chi connectivity index (χ3v) is 5.30. The van der Waals surface area contributed by atoms with Crippen LogP contribution in [0.3, 0.4) is 0 Å². The zero-order valence-electron chi connectivity index (χ0n) is 15.1. The molecular formula is C18H32N4OS. The Labute approximate surface area is 150 Å². The molecular weight excluding hydrogens is 320 g/mol. The number of nitrogens with zero attached hydrogens (tertiary/aromatic N) is 2. The largest absolute Gasteiger partial charge is 0.379 e. The van der Waals surface area contributed by atoms with Crippen LogP contribution < -0.4 is 10.6 Å². The Bertz CT molecular complexity index is 458. The number of ether oxygens (including phenoxy) is 1. The molecule has 1 aliphatic rings. The van der Waals surface area contributed by atoms with Gasteiger partial charge in [0.05, 0.1) is 19.8 Å². The molecule has 0 amide bonds. The van der Waals surface area contributed by atoms with E-state index in [1.165, 1.54) is 24.3 Å². The third kappa shape index (κ3) is 7.20. The Morgan fingerprint density at radius 1 is 1.33 bits per heavy atom. The fourth-order valence-corrected chi connectivity index (χ4v) is 3.50. The quantitative estimate of drug-likeness (QED) is 0.407. The summed E-state index contributed by atoms with van der Waals surface area (Å²) in [6.45, 7) is 12.2. The molecule has 6 heteroatoms. The summed E-state index contributed by atoms with van der Waals surface area (Å²) in [7, 11) is 0. The second-order valence-electron chi connectivity index (χ2n) is 6.22. The van der Waals surface area contributed by atoms with Crippen LogP contribution in [-0.2, 0) is 4.74 Å². The van der Waals surface area contributed by atoms with Crippen molar-refractivity contribution in [1.29, 1.82) is 0 Å². The van der Waals surface area contributed by atoms with Gasteiger partial charge in [-0.1, -0.05) is 13.0 Å². The number of hydrogen-bond acceptors (Lipinski definition) is 4. The predicted octanol–water partition coefficient (Wildman–Crippen LogP) is 2.52. The number of unbranched alkanes of at least 4 members (excludes halogenated alkanes) is 1. The normalized spacial score (nSPS) is 17.7. The van der Waals surface area contributed by atoms with Crippen LogP contribution in [0.2, 0.25) is 0 Å². The fourth-order valence-electron chi connectivity index (χ4n) is 2.72. The molecule has 136 valence electrons. The minimum absolute atomic E-state index is 0.474. The Kier molecular flexibility index (Phi) is 9.16. The van der Waals surface area contributed by atoms with Gasteiger partial charge < -0.3 is 15.4 Å². The molecule has 0 radical (unpaired) electrons. The van der Waals surface area contributed by atoms with Crippen LogP contribution >= 0.6 is 11.3 Å². The van der Waals surface area contributed by atoms with Gasteiger partial charge in [0.1, 0.15) is 0 Å². The van der Waals surface area contributed by atoms with Gasteiger partial charge in [0, 0.05) is 37.0 Å². The number of hydrogen-bond donors (Lipinski definition) is 2. The molecule has 0 spiro atoms. The van der Waals surface area contributed by atoms with E-state index in [4.69, 9.17) is 9.73 Å². The van der Waals surface area contributed by atoms with Gasteiger partial charge in [0.25, 0.3) is 0 Å². The zero-order chi connectivity index (χ0) is 17.0. The molecule has 1 unspecified atom stereocenters. The monoisotopic (exact) mass is 352 g/mol. The number of nitrogens with one attached hydrogen (secondary N) is 2. The van der Waals surface area contributed by atoms with Crippen LogP contribution in [0.4, 0.5) is 0 Å². The van der Waals surface area contributed by atoms with Crippen molar-refractivity contribution >= 4 is 17.3 Å². The van der Waals surface area contributed by atoms with Crippen LogP contribution in [0, 0.1) is 0 Å². The molecule has 1 atom stereocenters. The summed E-state index contributed by atoms with van der Waals surface area (Å²) in [5.74, 6) is 1.41. The van der Waals surface area contributed by atoms with Crippen molar-refractivity contribution in [2.24, 2.45) is 4.99 Å². The van der Waals surface area contributed by atoms with Crippen LogP contribution in [0.15, 0.2) is 22.5 Å². The zero-order valence-corrected chi connectivity index (χ0v) is 15.9. The van der Waals surface area contributed by atoms with Crippen LogP contribution in [0.5, 0.6) is 0 Å². The SMILES string of the molecule is CCNC(=NCC(C)c1cccs1)NCCCCN1CCOCC1. The molecule has 0 saturated carbocycles. The topological polar surface area (TPSA) is 48.9 Å². The van der Waals surface area contributed by atoms with E-state index < -0.39 is 0 Å². The van der Waals surface area contributed by atoms with Crippen molar-refractivity contribution in [3.63, 3.8) is 0 Å². The fraction of sp³-hybridized carbons (Fsp3) is 0.722. The maximum Gasteiger partial charge on any atom is 0.191 e. The van der Waals surface area contributed by atoms with Crippen LogP contribution in [-0.4, -0.2) is 63.3 Å². The van der Waals surface area contributed by atoms with Gasteiger partial charge in [0.15, 0.2) is 5.96 Å². The van der Waals surface area contributed by atoms with Crippen molar-refractivity contribution in [2.45, 2.75) is 32.6 Å². The summed E-state index contributed by atoms with van der Waals surface area (Å²) in [5.41, 5.74) is 0. The predicted molar refractivity (Wildman–Crippen MR) is 103 cm³/mol. The summed E-state index contributed by atoms with van der Waals surface area (Å²) in [5, 5.41) is 8.93. The summed E-state index contributed by atoms with van der Waals surface area (Å²) in [6.07, 6.45) is 2.39. The van der Waals surface area contributed by atoms with Crippen LogP contribution in [0.1, 0.15) is 37.5 Å². The lowest BCUT2D eigenvalue weighted by molar-refractivity contribution is 0.0372. The first-order valence-corrected chi connectivity index (χ1v) is 10.0. The van der Waals surface area contributed by atoms with Gasteiger partial charge >= 0.3 is 0 Å². The number of guanidine groups is 1. The highest BCUT2D eigenvalue weighted by molar-refractivity contribution is 7.10. The molecule has 1 aromatic rings. The first-order valence-electron chi connectivity index (χ1n) is 9.15. The van der Waals surface area contributed by atoms with Gasteiger partial charge in [-0.05, 0) is 37.8 Å². The molecule has 5 nitrogen and oxygen atoms in total. The first kappa shape index (κ1) is 19.2. The lowest BCUT2D eigenvalue weighted by Crippen LogP contribution is -2.39. The molecule has 2 heterocycles. The van der Waals surface area contributed by atoms with Crippen molar-refractivity contribution in [3.05, 3.63) is 22.4 Å². The highest BCUT2D eigenvalue weighted by Gasteiger charge is 2.09. The molecule has 1 saturated heterocycles. The van der Waals surface area contributed by atoms with Crippen molar-refractivity contribution in [3.8, 4) is 0 Å². The average Bonchev–Trinajstić information content (AvgIpc) is 3.14. The van der Waals surface area contributed by atoms with Gasteiger partial charge in [-0.25, -0.2) is 0 Å². The second kappa shape index (κ2) is 11.4. The Morgan fingerprint density at radius 3 is 2.88 bits per heavy atom. The smallest absolute Gasteiger partial charge is 0.191 e. The Morgan fingerprint density at radius 2 is 2.17 bits per heavy atom. The van der Waals surface area contributed by atoms with E-state index in [2.05, 4.69) is 46.9 Å². The number of rotatable bonds is 9. The minimum atomic E-state index is 0.474. The number of aliphatic imine (C=N–C) groups is 1. The van der Waals surface area contributed by atoms with Crippen molar-refractivity contribution in [2.75, 3.05) is 52.5 Å². The van der Waals surface area contributed by atoms with E-state index in [1.54, 1.807) is 0 Å². The van der Waals surface area contributed by atoms with E-state index in [-0.39, 0.29) is 0 Å². The van der Waals surface area contributed by atoms with Gasteiger partial charge in [-0.15, -0.1) is 11.3 Å². The Hall–Kier alpha value is -1.11. The highest BCUT2D eigenvalue weighted by atomic mass is 32.1. The lowest BCUT2D eigenvalue weighted by atomic mass is 10.1. The van der Waals surface area contributed by atoms with E-state index in [0.717, 1.165) is 51.9 Å². The highest BCUT2D eigenvalue weighted by Crippen LogP contribution is 2.20. The summed E-state index contributed by atoms with van der Waals surface area (Å²) in [6, 6.07) is 4.30. The molecule has 1 aliphatic heterocycles. The number of morpholine rings is 1. The molecule has 2 N–H and O–H groups in total. The number of thiophene rings is 1. The maximum atomic E-state index is 5.38. The van der Waals surface area contributed by atoms with Gasteiger partial charge in [-0.2, -0.15) is 0 Å². The molecule has 0 aliphatic carbocycles. The van der Waals surface area contributed by atoms with E-state index >= 15 is 0 Å². The molecule has 0 aromatic carbocycles. The van der Waals surface area contributed by atoms with E-state index in [9.17, 15) is 0 Å². The second-order valence-corrected chi connectivity index (χ2v) is 7.20. The van der Waals surface area contributed by atoms with Gasteiger partial charge in [0.2, 0.25) is 0 Å². The standard InChI is InChI=1S/C18H32N4OS/c1-3-19-18(21-15-16(2)17-7-6-14-24-17)20-8-4-5-9-22-10-12-23-13-11-22/h6-7,14,16H,3-5,8-13,15H2,1-2H3,(H2,19,20,21). The Balaban J connectivity index is 1.63. The molecule has 1 fully saturated rings. The molecule has 24 heavy (non-hydrogen) atoms. The molecule has 0 bridgehead atoms. The molecule has 1 aromatic heterocycles. The average molecular weight is 353 g/mol. The minimum Gasteiger partial charge on any atom is -0.379 e. The van der Waals surface area contributed by atoms with Gasteiger partial charge in [-0.3, -0.25) is 9.89 Å². The first-order chi connectivity index (χ1) is 11.8. The van der Waals surface area contributed by atoms with Crippen LogP contribution in [0.25, 0.3) is 0 Å². The van der Waals surface area contributed by atoms with Crippen molar-refractivity contribution < 1.29 is 4.74 Å². The van der Waals surface area contributed by atoms with Crippen molar-refractivity contribution in [1.82, 2.24) is 15.5 Å². The summed E-state index contributed by atoms with van der Waals surface area (Å²) in [4.78, 5) is 8.63. The van der Waals surface area contributed by atoms with E-state index in [1.807, 2.05) is 11.3 Å². The molecule has 2 rings (SSSR count). The lowest BCUT2D eigenvalue weighted by Gasteiger charge is -2.26. The maximum absolute atomic E-state index is 5.38. The van der Waals surface area contributed by atoms with E-state index in [0.29, 0.717) is 5.92 Å².